The normalized spacial score (nSPS) is 11.2. The lowest BCUT2D eigenvalue weighted by Gasteiger charge is -2.08. The van der Waals surface area contributed by atoms with E-state index in [1.54, 1.807) is 31.2 Å². The first kappa shape index (κ1) is 17.0. The Labute approximate surface area is 135 Å². The maximum atomic E-state index is 11.9. The van der Waals surface area contributed by atoms with Crippen LogP contribution in [0.25, 0.3) is 0 Å². The number of amides is 1. The van der Waals surface area contributed by atoms with E-state index in [1.807, 2.05) is 6.07 Å². The quantitative estimate of drug-likeness (QED) is 0.724. The second kappa shape index (κ2) is 7.80. The number of hydrogen-bond acceptors (Lipinski definition) is 5. The third-order valence-electron chi connectivity index (χ3n) is 2.94. The predicted molar refractivity (Wildman–Crippen MR) is 86.2 cm³/mol. The Hall–Kier alpha value is -2.32. The fourth-order valence-electron chi connectivity index (χ4n) is 1.90. The number of carbonyl (C=O) groups is 1. The number of nitrogens with one attached hydrogen (secondary N) is 2. The topological polar surface area (TPSA) is 101 Å². The van der Waals surface area contributed by atoms with Crippen LogP contribution in [0.3, 0.4) is 0 Å². The van der Waals surface area contributed by atoms with Crippen LogP contribution in [-0.2, 0) is 15.8 Å². The first-order chi connectivity index (χ1) is 11.0. The number of benzene rings is 1. The van der Waals surface area contributed by atoms with Gasteiger partial charge >= 0.3 is 0 Å². The largest absolute Gasteiger partial charge is 0.349 e. The highest BCUT2D eigenvalue weighted by molar-refractivity contribution is 7.88. The minimum atomic E-state index is -3.43. The van der Waals surface area contributed by atoms with Gasteiger partial charge in [-0.1, -0.05) is 30.3 Å². The van der Waals surface area contributed by atoms with Crippen LogP contribution in [0.1, 0.15) is 21.9 Å². The lowest BCUT2D eigenvalue weighted by Crippen LogP contribution is -2.35. The zero-order chi connectivity index (χ0) is 16.7. The molecule has 2 rings (SSSR count). The molecule has 0 radical (unpaired) electrons. The van der Waals surface area contributed by atoms with Crippen LogP contribution < -0.4 is 10.0 Å². The molecule has 1 aromatic carbocycles. The van der Waals surface area contributed by atoms with E-state index < -0.39 is 10.0 Å². The molecule has 0 aliphatic rings. The minimum absolute atomic E-state index is 0.0904. The van der Waals surface area contributed by atoms with Gasteiger partial charge in [-0.2, -0.15) is 0 Å². The highest BCUT2D eigenvalue weighted by atomic mass is 32.2. The van der Waals surface area contributed by atoms with E-state index in [4.69, 9.17) is 0 Å². The number of carbonyl (C=O) groups excluding carboxylic acids is 1. The van der Waals surface area contributed by atoms with Crippen molar-refractivity contribution in [1.29, 1.82) is 0 Å². The first-order valence-electron chi connectivity index (χ1n) is 7.05. The Kier molecular flexibility index (Phi) is 5.78. The van der Waals surface area contributed by atoms with Crippen LogP contribution in [0.5, 0.6) is 0 Å². The van der Waals surface area contributed by atoms with E-state index in [0.29, 0.717) is 11.4 Å². The van der Waals surface area contributed by atoms with E-state index in [-0.39, 0.29) is 30.4 Å². The van der Waals surface area contributed by atoms with Gasteiger partial charge in [0.25, 0.3) is 5.91 Å². The SMILES string of the molecule is Cc1nccc(C(=O)NCCNS(=O)(=O)Cc2ccccc2)n1. The summed E-state index contributed by atoms with van der Waals surface area (Å²) in [7, 11) is -3.43. The van der Waals surface area contributed by atoms with Crippen molar-refractivity contribution in [2.45, 2.75) is 12.7 Å². The minimum Gasteiger partial charge on any atom is -0.349 e. The van der Waals surface area contributed by atoms with E-state index in [9.17, 15) is 13.2 Å². The molecule has 0 aliphatic carbocycles. The molecule has 1 aromatic heterocycles. The van der Waals surface area contributed by atoms with E-state index in [0.717, 1.165) is 0 Å². The summed E-state index contributed by atoms with van der Waals surface area (Å²) in [4.78, 5) is 19.7. The molecule has 1 amide bonds. The maximum absolute atomic E-state index is 11.9. The van der Waals surface area contributed by atoms with Gasteiger partial charge in [0.1, 0.15) is 11.5 Å². The van der Waals surface area contributed by atoms with Crippen molar-refractivity contribution in [1.82, 2.24) is 20.0 Å². The monoisotopic (exact) mass is 334 g/mol. The Morgan fingerprint density at radius 3 is 2.57 bits per heavy atom. The Balaban J connectivity index is 1.77. The average molecular weight is 334 g/mol. The summed E-state index contributed by atoms with van der Waals surface area (Å²) in [6.45, 7) is 1.98. The molecule has 8 heteroatoms. The van der Waals surface area contributed by atoms with E-state index in [2.05, 4.69) is 20.0 Å². The van der Waals surface area contributed by atoms with Crippen molar-refractivity contribution in [3.63, 3.8) is 0 Å². The molecule has 0 fully saturated rings. The van der Waals surface area contributed by atoms with Crippen LogP contribution in [-0.4, -0.2) is 37.4 Å². The highest BCUT2D eigenvalue weighted by Gasteiger charge is 2.11. The lowest BCUT2D eigenvalue weighted by atomic mass is 10.2. The maximum Gasteiger partial charge on any atom is 0.270 e. The molecule has 0 saturated carbocycles. The summed E-state index contributed by atoms with van der Waals surface area (Å²) in [6.07, 6.45) is 1.50. The number of sulfonamides is 1. The molecule has 0 atom stereocenters. The highest BCUT2D eigenvalue weighted by Crippen LogP contribution is 2.03. The van der Waals surface area contributed by atoms with Gasteiger partial charge in [0.2, 0.25) is 10.0 Å². The summed E-state index contributed by atoms with van der Waals surface area (Å²) in [5.74, 6) is 0.0476. The average Bonchev–Trinajstić information content (AvgIpc) is 2.52. The second-order valence-electron chi connectivity index (χ2n) is 4.88. The van der Waals surface area contributed by atoms with Gasteiger partial charge in [0.15, 0.2) is 0 Å². The zero-order valence-corrected chi connectivity index (χ0v) is 13.5. The fourth-order valence-corrected chi connectivity index (χ4v) is 3.05. The van der Waals surface area contributed by atoms with Crippen LogP contribution >= 0.6 is 0 Å². The summed E-state index contributed by atoms with van der Waals surface area (Å²) >= 11 is 0. The molecular formula is C15H18N4O3S. The predicted octanol–water partition coefficient (Wildman–Crippen LogP) is 0.634. The molecule has 0 aliphatic heterocycles. The first-order valence-corrected chi connectivity index (χ1v) is 8.70. The van der Waals surface area contributed by atoms with Gasteiger partial charge in [-0.15, -0.1) is 0 Å². The molecule has 2 N–H and O–H groups in total. The second-order valence-corrected chi connectivity index (χ2v) is 6.69. The summed E-state index contributed by atoms with van der Waals surface area (Å²) < 4.78 is 26.3. The van der Waals surface area contributed by atoms with Gasteiger partial charge in [-0.3, -0.25) is 4.79 Å². The Morgan fingerprint density at radius 1 is 1.13 bits per heavy atom. The fraction of sp³-hybridized carbons (Fsp3) is 0.267. The third-order valence-corrected chi connectivity index (χ3v) is 4.30. The zero-order valence-electron chi connectivity index (χ0n) is 12.7. The molecule has 0 spiro atoms. The van der Waals surface area contributed by atoms with Crippen molar-refractivity contribution in [3.8, 4) is 0 Å². The molecule has 23 heavy (non-hydrogen) atoms. The molecule has 7 nitrogen and oxygen atoms in total. The van der Waals surface area contributed by atoms with Crippen molar-refractivity contribution in [2.75, 3.05) is 13.1 Å². The van der Waals surface area contributed by atoms with Crippen molar-refractivity contribution in [2.24, 2.45) is 0 Å². The van der Waals surface area contributed by atoms with Crippen LogP contribution in [0.15, 0.2) is 42.6 Å². The molecule has 0 bridgehead atoms. The van der Waals surface area contributed by atoms with Gasteiger partial charge in [0, 0.05) is 19.3 Å². The van der Waals surface area contributed by atoms with Gasteiger partial charge in [0.05, 0.1) is 5.75 Å². The molecule has 0 saturated heterocycles. The third kappa shape index (κ3) is 5.76. The number of hydrogen-bond donors (Lipinski definition) is 2. The molecule has 0 unspecified atom stereocenters. The van der Waals surface area contributed by atoms with Crippen molar-refractivity contribution in [3.05, 3.63) is 59.7 Å². The number of aromatic nitrogens is 2. The van der Waals surface area contributed by atoms with Crippen LogP contribution in [0.2, 0.25) is 0 Å². The number of rotatable bonds is 7. The van der Waals surface area contributed by atoms with E-state index >= 15 is 0 Å². The van der Waals surface area contributed by atoms with Crippen LogP contribution in [0.4, 0.5) is 0 Å². The van der Waals surface area contributed by atoms with Gasteiger partial charge < -0.3 is 5.32 Å². The van der Waals surface area contributed by atoms with Crippen LogP contribution in [0, 0.1) is 6.92 Å². The van der Waals surface area contributed by atoms with E-state index in [1.165, 1.54) is 12.3 Å². The molecular weight excluding hydrogens is 316 g/mol. The molecule has 2 aromatic rings. The number of aryl methyl sites for hydroxylation is 1. The molecule has 122 valence electrons. The summed E-state index contributed by atoms with van der Waals surface area (Å²) in [6, 6.07) is 10.4. The lowest BCUT2D eigenvalue weighted by molar-refractivity contribution is 0.0949. The Bertz CT molecular complexity index is 763. The summed E-state index contributed by atoms with van der Waals surface area (Å²) in [5, 5.41) is 2.61. The summed E-state index contributed by atoms with van der Waals surface area (Å²) in [5.41, 5.74) is 0.963. The smallest absolute Gasteiger partial charge is 0.270 e. The number of nitrogens with zero attached hydrogens (tertiary/aromatic N) is 2. The standard InChI is InChI=1S/C15H18N4O3S/c1-12-16-8-7-14(19-12)15(20)17-9-10-18-23(21,22)11-13-5-3-2-4-6-13/h2-8,18H,9-11H2,1H3,(H,17,20). The van der Waals surface area contributed by atoms with Crippen molar-refractivity contribution >= 4 is 15.9 Å². The Morgan fingerprint density at radius 2 is 1.87 bits per heavy atom. The van der Waals surface area contributed by atoms with Gasteiger partial charge in [-0.05, 0) is 18.6 Å². The molecule has 1 heterocycles. The van der Waals surface area contributed by atoms with Gasteiger partial charge in [-0.25, -0.2) is 23.1 Å². The van der Waals surface area contributed by atoms with Crippen molar-refractivity contribution < 1.29 is 13.2 Å².